The van der Waals surface area contributed by atoms with Crippen LogP contribution in [0.15, 0.2) is 36.4 Å². The number of rotatable bonds is 8. The van der Waals surface area contributed by atoms with Crippen LogP contribution >= 0.6 is 11.6 Å². The number of nitro groups is 1. The highest BCUT2D eigenvalue weighted by molar-refractivity contribution is 6.32. The lowest BCUT2D eigenvalue weighted by Gasteiger charge is -2.10. The average Bonchev–Trinajstić information content (AvgIpc) is 2.71. The molecule has 0 spiro atoms. The highest BCUT2D eigenvalue weighted by Crippen LogP contribution is 2.36. The Bertz CT molecular complexity index is 1000. The van der Waals surface area contributed by atoms with Gasteiger partial charge < -0.3 is 19.5 Å². The molecule has 2 aromatic rings. The van der Waals surface area contributed by atoms with Crippen LogP contribution in [-0.4, -0.2) is 37.6 Å². The zero-order chi connectivity index (χ0) is 22.3. The van der Waals surface area contributed by atoms with Crippen molar-refractivity contribution in [2.45, 2.75) is 6.92 Å². The van der Waals surface area contributed by atoms with Gasteiger partial charge in [0.1, 0.15) is 0 Å². The van der Waals surface area contributed by atoms with Crippen molar-refractivity contribution in [3.63, 3.8) is 0 Å². The van der Waals surface area contributed by atoms with Crippen LogP contribution in [0.25, 0.3) is 6.08 Å². The minimum atomic E-state index is -0.758. The van der Waals surface area contributed by atoms with Gasteiger partial charge in [0, 0.05) is 18.2 Å². The number of carbonyl (C=O) groups excluding carboxylic acids is 2. The van der Waals surface area contributed by atoms with Crippen LogP contribution in [-0.2, 0) is 14.3 Å². The molecule has 0 unspecified atom stereocenters. The first-order valence-electron chi connectivity index (χ1n) is 8.56. The first-order valence-corrected chi connectivity index (χ1v) is 8.94. The smallest absolute Gasteiger partial charge is 0.331 e. The largest absolute Gasteiger partial charge is 0.493 e. The van der Waals surface area contributed by atoms with Crippen LogP contribution in [0.3, 0.4) is 0 Å². The van der Waals surface area contributed by atoms with E-state index in [9.17, 15) is 19.7 Å². The summed E-state index contributed by atoms with van der Waals surface area (Å²) >= 11 is 6.10. The summed E-state index contributed by atoms with van der Waals surface area (Å²) < 4.78 is 15.2. The molecule has 158 valence electrons. The molecule has 9 nitrogen and oxygen atoms in total. The molecule has 2 aromatic carbocycles. The molecule has 0 radical (unpaired) electrons. The molecule has 30 heavy (non-hydrogen) atoms. The first-order chi connectivity index (χ1) is 14.2. The van der Waals surface area contributed by atoms with E-state index >= 15 is 0 Å². The fourth-order valence-electron chi connectivity index (χ4n) is 2.43. The SMILES string of the molecule is COc1cc(/C=C/C(=O)OCC(=O)Nc2cc([N+](=O)[O-])ccc2C)cc(Cl)c1OC. The quantitative estimate of drug-likeness (QED) is 0.291. The second kappa shape index (κ2) is 10.3. The fourth-order valence-corrected chi connectivity index (χ4v) is 2.72. The Morgan fingerprint density at radius 3 is 2.57 bits per heavy atom. The number of amides is 1. The standard InChI is InChI=1S/C20H19ClN2O7/c1-12-4-6-14(23(26)27)10-16(12)22-18(24)11-30-19(25)7-5-13-8-15(21)20(29-3)17(9-13)28-2/h4-10H,11H2,1-3H3,(H,22,24)/b7-5+. The molecule has 0 aliphatic heterocycles. The molecule has 1 amide bonds. The highest BCUT2D eigenvalue weighted by Gasteiger charge is 2.13. The van der Waals surface area contributed by atoms with Gasteiger partial charge in [0.15, 0.2) is 18.1 Å². The molecule has 0 bridgehead atoms. The van der Waals surface area contributed by atoms with Crippen molar-refractivity contribution in [3.05, 3.63) is 62.7 Å². The molecule has 10 heteroatoms. The third-order valence-electron chi connectivity index (χ3n) is 3.92. The number of nitrogens with one attached hydrogen (secondary N) is 1. The maximum atomic E-state index is 12.0. The third kappa shape index (κ3) is 5.95. The van der Waals surface area contributed by atoms with Crippen LogP contribution in [0, 0.1) is 17.0 Å². The van der Waals surface area contributed by atoms with Crippen molar-refractivity contribution in [2.24, 2.45) is 0 Å². The lowest BCUT2D eigenvalue weighted by molar-refractivity contribution is -0.384. The summed E-state index contributed by atoms with van der Waals surface area (Å²) in [5, 5.41) is 13.6. The number of benzene rings is 2. The maximum absolute atomic E-state index is 12.0. The fraction of sp³-hybridized carbons (Fsp3) is 0.200. The van der Waals surface area contributed by atoms with Crippen molar-refractivity contribution < 1.29 is 28.7 Å². The van der Waals surface area contributed by atoms with Gasteiger partial charge in [-0.25, -0.2) is 4.79 Å². The molecule has 0 atom stereocenters. The molecule has 0 aromatic heterocycles. The lowest BCUT2D eigenvalue weighted by Crippen LogP contribution is -2.20. The highest BCUT2D eigenvalue weighted by atomic mass is 35.5. The van der Waals surface area contributed by atoms with Crippen molar-refractivity contribution in [1.29, 1.82) is 0 Å². The van der Waals surface area contributed by atoms with E-state index in [4.69, 9.17) is 25.8 Å². The molecule has 0 heterocycles. The number of nitrogens with zero attached hydrogens (tertiary/aromatic N) is 1. The van der Waals surface area contributed by atoms with E-state index in [1.807, 2.05) is 0 Å². The van der Waals surface area contributed by atoms with Crippen LogP contribution in [0.5, 0.6) is 11.5 Å². The summed E-state index contributed by atoms with van der Waals surface area (Å²) in [6, 6.07) is 7.26. The predicted octanol–water partition coefficient (Wildman–Crippen LogP) is 3.77. The second-order valence-electron chi connectivity index (χ2n) is 5.98. The monoisotopic (exact) mass is 434 g/mol. The van der Waals surface area contributed by atoms with Gasteiger partial charge in [-0.1, -0.05) is 17.7 Å². The van der Waals surface area contributed by atoms with Crippen molar-refractivity contribution in [2.75, 3.05) is 26.1 Å². The number of nitro benzene ring substituents is 1. The van der Waals surface area contributed by atoms with Crippen LogP contribution in [0.2, 0.25) is 5.02 Å². The van der Waals surface area contributed by atoms with E-state index < -0.39 is 23.4 Å². The van der Waals surface area contributed by atoms with Gasteiger partial charge in [0.05, 0.1) is 29.9 Å². The Balaban J connectivity index is 1.96. The molecule has 1 N–H and O–H groups in total. The molecule has 0 aliphatic carbocycles. The normalized spacial score (nSPS) is 10.5. The van der Waals surface area contributed by atoms with E-state index in [1.54, 1.807) is 19.1 Å². The molecule has 0 aliphatic rings. The van der Waals surface area contributed by atoms with E-state index in [0.29, 0.717) is 27.6 Å². The van der Waals surface area contributed by atoms with Gasteiger partial charge >= 0.3 is 5.97 Å². The third-order valence-corrected chi connectivity index (χ3v) is 4.20. The van der Waals surface area contributed by atoms with Crippen molar-refractivity contribution >= 4 is 40.9 Å². The summed E-state index contributed by atoms with van der Waals surface area (Å²) in [7, 11) is 2.91. The van der Waals surface area contributed by atoms with Crippen molar-refractivity contribution in [3.8, 4) is 11.5 Å². The van der Waals surface area contributed by atoms with E-state index in [1.165, 1.54) is 38.5 Å². The molecule has 2 rings (SSSR count). The summed E-state index contributed by atoms with van der Waals surface area (Å²) in [5.41, 5.74) is 1.29. The number of aryl methyl sites for hydroxylation is 1. The summed E-state index contributed by atoms with van der Waals surface area (Å²) in [4.78, 5) is 34.1. The molecule has 0 saturated carbocycles. The number of methoxy groups -OCH3 is 2. The number of hydrogen-bond donors (Lipinski definition) is 1. The summed E-state index contributed by atoms with van der Waals surface area (Å²) in [5.74, 6) is -0.627. The zero-order valence-corrected chi connectivity index (χ0v) is 17.2. The number of hydrogen-bond acceptors (Lipinski definition) is 7. The molecular formula is C20H19ClN2O7. The van der Waals surface area contributed by atoms with E-state index in [-0.39, 0.29) is 11.4 Å². The van der Waals surface area contributed by atoms with Gasteiger partial charge in [-0.05, 0) is 36.3 Å². The average molecular weight is 435 g/mol. The summed E-state index contributed by atoms with van der Waals surface area (Å²) in [6.45, 7) is 1.13. The van der Waals surface area contributed by atoms with Gasteiger partial charge in [0.25, 0.3) is 11.6 Å². The Hall–Kier alpha value is -3.59. The van der Waals surface area contributed by atoms with Gasteiger partial charge in [-0.3, -0.25) is 14.9 Å². The molecule has 0 fully saturated rings. The lowest BCUT2D eigenvalue weighted by atomic mass is 10.2. The molecular weight excluding hydrogens is 416 g/mol. The first kappa shape index (κ1) is 22.7. The Labute approximate surface area is 177 Å². The van der Waals surface area contributed by atoms with Crippen LogP contribution < -0.4 is 14.8 Å². The maximum Gasteiger partial charge on any atom is 0.331 e. The van der Waals surface area contributed by atoms with Gasteiger partial charge in [0.2, 0.25) is 0 Å². The van der Waals surface area contributed by atoms with Gasteiger partial charge in [-0.15, -0.1) is 0 Å². The molecule has 0 saturated heterocycles. The Morgan fingerprint density at radius 2 is 1.93 bits per heavy atom. The van der Waals surface area contributed by atoms with E-state index in [0.717, 1.165) is 6.08 Å². The topological polar surface area (TPSA) is 117 Å². The number of ether oxygens (including phenoxy) is 3. The zero-order valence-electron chi connectivity index (χ0n) is 16.4. The van der Waals surface area contributed by atoms with Gasteiger partial charge in [-0.2, -0.15) is 0 Å². The number of anilines is 1. The van der Waals surface area contributed by atoms with Crippen LogP contribution in [0.4, 0.5) is 11.4 Å². The van der Waals surface area contributed by atoms with E-state index in [2.05, 4.69) is 5.32 Å². The number of non-ortho nitro benzene ring substituents is 1. The van der Waals surface area contributed by atoms with Crippen LogP contribution in [0.1, 0.15) is 11.1 Å². The number of carbonyl (C=O) groups is 2. The van der Waals surface area contributed by atoms with Crippen molar-refractivity contribution in [1.82, 2.24) is 0 Å². The second-order valence-corrected chi connectivity index (χ2v) is 6.39. The minimum Gasteiger partial charge on any atom is -0.493 e. The minimum absolute atomic E-state index is 0.163. The number of esters is 1. The Kier molecular flexibility index (Phi) is 7.76. The Morgan fingerprint density at radius 1 is 1.20 bits per heavy atom. The predicted molar refractivity (Wildman–Crippen MR) is 111 cm³/mol. The summed E-state index contributed by atoms with van der Waals surface area (Å²) in [6.07, 6.45) is 2.57. The number of halogens is 1.